The highest BCUT2D eigenvalue weighted by atomic mass is 32.1. The van der Waals surface area contributed by atoms with Crippen LogP contribution in [0.2, 0.25) is 0 Å². The summed E-state index contributed by atoms with van der Waals surface area (Å²) in [5, 5.41) is 10.2. The fraction of sp³-hybridized carbons (Fsp3) is 0.200. The van der Waals surface area contributed by atoms with Crippen LogP contribution in [0.1, 0.15) is 28.5 Å². The molecule has 1 aliphatic heterocycles. The molecule has 0 aliphatic carbocycles. The normalized spacial score (nSPS) is 14.5. The molecule has 9 nitrogen and oxygen atoms in total. The van der Waals surface area contributed by atoms with Crippen molar-refractivity contribution in [2.75, 3.05) is 5.32 Å². The van der Waals surface area contributed by atoms with E-state index in [-0.39, 0.29) is 48.1 Å². The number of fused-ring (bicyclic) bond motifs is 1. The second-order valence-electron chi connectivity index (χ2n) is 5.32. The van der Waals surface area contributed by atoms with Gasteiger partial charge >= 0.3 is 6.01 Å². The fourth-order valence-corrected chi connectivity index (χ4v) is 3.28. The Morgan fingerprint density at radius 2 is 1.96 bits per heavy atom. The third kappa shape index (κ3) is 2.98. The number of hydrogen-bond donors (Lipinski definition) is 1. The Morgan fingerprint density at radius 1 is 1.20 bits per heavy atom. The Bertz CT molecular complexity index is 946. The number of imide groups is 1. The average molecular weight is 357 g/mol. The van der Waals surface area contributed by atoms with E-state index in [0.717, 1.165) is 15.1 Å². The Kier molecular flexibility index (Phi) is 3.73. The number of likely N-dealkylation sites (tertiary alicyclic amines) is 1. The first-order valence-corrected chi connectivity index (χ1v) is 8.24. The lowest BCUT2D eigenvalue weighted by Crippen LogP contribution is -2.28. The van der Waals surface area contributed by atoms with Gasteiger partial charge < -0.3 is 4.42 Å². The second kappa shape index (κ2) is 6.06. The van der Waals surface area contributed by atoms with Gasteiger partial charge in [-0.25, -0.2) is 4.98 Å². The molecular weight excluding hydrogens is 346 g/mol. The van der Waals surface area contributed by atoms with Crippen molar-refractivity contribution in [3.05, 3.63) is 35.2 Å². The van der Waals surface area contributed by atoms with Gasteiger partial charge in [0.05, 0.1) is 10.2 Å². The molecule has 1 N–H and O–H groups in total. The van der Waals surface area contributed by atoms with Gasteiger partial charge in [-0.05, 0) is 12.1 Å². The minimum atomic E-state index is -0.468. The first-order chi connectivity index (χ1) is 12.1. The van der Waals surface area contributed by atoms with Crippen molar-refractivity contribution in [2.45, 2.75) is 19.4 Å². The van der Waals surface area contributed by atoms with E-state index in [0.29, 0.717) is 0 Å². The van der Waals surface area contributed by atoms with E-state index in [1.54, 1.807) is 0 Å². The van der Waals surface area contributed by atoms with Crippen molar-refractivity contribution in [1.29, 1.82) is 0 Å². The van der Waals surface area contributed by atoms with Crippen LogP contribution in [0.4, 0.5) is 6.01 Å². The molecule has 25 heavy (non-hydrogen) atoms. The van der Waals surface area contributed by atoms with E-state index in [2.05, 4.69) is 20.5 Å². The van der Waals surface area contributed by atoms with Crippen molar-refractivity contribution in [3.8, 4) is 0 Å². The quantitative estimate of drug-likeness (QED) is 0.704. The molecule has 1 aliphatic rings. The number of nitrogens with one attached hydrogen (secondary N) is 1. The maximum Gasteiger partial charge on any atom is 0.322 e. The van der Waals surface area contributed by atoms with Crippen LogP contribution in [0.5, 0.6) is 0 Å². The summed E-state index contributed by atoms with van der Waals surface area (Å²) in [6.45, 7) is -0.0956. The Balaban J connectivity index is 1.46. The smallest absolute Gasteiger partial charge is 0.322 e. The summed E-state index contributed by atoms with van der Waals surface area (Å²) in [5.41, 5.74) is 0.731. The van der Waals surface area contributed by atoms with E-state index in [1.807, 2.05) is 24.3 Å². The number of nitrogens with zero attached hydrogens (tertiary/aromatic N) is 4. The first kappa shape index (κ1) is 15.4. The van der Waals surface area contributed by atoms with Crippen LogP contribution in [0.25, 0.3) is 10.2 Å². The van der Waals surface area contributed by atoms with Crippen molar-refractivity contribution in [1.82, 2.24) is 20.1 Å². The number of amides is 3. The minimum Gasteiger partial charge on any atom is -0.406 e. The monoisotopic (exact) mass is 357 g/mol. The highest BCUT2D eigenvalue weighted by Crippen LogP contribution is 2.22. The van der Waals surface area contributed by atoms with Crippen molar-refractivity contribution >= 4 is 45.3 Å². The van der Waals surface area contributed by atoms with Crippen molar-refractivity contribution in [2.24, 2.45) is 0 Å². The lowest BCUT2D eigenvalue weighted by molar-refractivity contribution is -0.139. The maximum atomic E-state index is 12.2. The van der Waals surface area contributed by atoms with Gasteiger partial charge in [-0.3, -0.25) is 24.6 Å². The van der Waals surface area contributed by atoms with Gasteiger partial charge in [0.2, 0.25) is 17.7 Å². The molecule has 0 atom stereocenters. The van der Waals surface area contributed by atoms with Gasteiger partial charge in [-0.2, -0.15) is 0 Å². The zero-order valence-corrected chi connectivity index (χ0v) is 13.6. The largest absolute Gasteiger partial charge is 0.406 e. The number of aromatic nitrogens is 3. The van der Waals surface area contributed by atoms with Crippen LogP contribution in [-0.4, -0.2) is 37.8 Å². The van der Waals surface area contributed by atoms with Crippen LogP contribution in [-0.2, 0) is 16.1 Å². The van der Waals surface area contributed by atoms with E-state index in [4.69, 9.17) is 4.42 Å². The zero-order valence-electron chi connectivity index (χ0n) is 12.8. The Labute approximate surface area is 144 Å². The molecule has 1 fully saturated rings. The highest BCUT2D eigenvalue weighted by Gasteiger charge is 2.30. The lowest BCUT2D eigenvalue weighted by Gasteiger charge is -2.09. The summed E-state index contributed by atoms with van der Waals surface area (Å²) in [6.07, 6.45) is 0.377. The van der Waals surface area contributed by atoms with E-state index >= 15 is 0 Å². The van der Waals surface area contributed by atoms with Gasteiger partial charge in [0.1, 0.15) is 6.54 Å². The molecule has 0 saturated carbocycles. The molecule has 1 aromatic carbocycles. The molecule has 3 heterocycles. The predicted octanol–water partition coefficient (Wildman–Crippen LogP) is 1.58. The third-order valence-electron chi connectivity index (χ3n) is 3.62. The number of para-hydroxylation sites is 1. The molecule has 0 spiro atoms. The number of benzene rings is 1. The molecule has 0 radical (unpaired) electrons. The lowest BCUT2D eigenvalue weighted by atomic mass is 10.3. The van der Waals surface area contributed by atoms with Gasteiger partial charge in [-0.1, -0.05) is 17.2 Å². The first-order valence-electron chi connectivity index (χ1n) is 7.42. The van der Waals surface area contributed by atoms with E-state index in [9.17, 15) is 14.4 Å². The Morgan fingerprint density at radius 3 is 2.72 bits per heavy atom. The molecule has 3 amide bonds. The SMILES string of the molecule is O=C(Nc1nnc(CN2C(=O)CCC2=O)o1)c1nc2ccccc2s1. The molecule has 0 bridgehead atoms. The van der Waals surface area contributed by atoms with Gasteiger partial charge in [0.15, 0.2) is 5.01 Å². The molecule has 10 heteroatoms. The van der Waals surface area contributed by atoms with Crippen LogP contribution in [0.3, 0.4) is 0 Å². The summed E-state index contributed by atoms with van der Waals surface area (Å²) >= 11 is 1.25. The summed E-state index contributed by atoms with van der Waals surface area (Å²) in [7, 11) is 0. The zero-order chi connectivity index (χ0) is 17.4. The number of anilines is 1. The number of thiazole rings is 1. The minimum absolute atomic E-state index is 0.0724. The third-order valence-corrected chi connectivity index (χ3v) is 4.66. The molecule has 4 rings (SSSR count). The molecule has 2 aromatic heterocycles. The number of hydrogen-bond acceptors (Lipinski definition) is 8. The van der Waals surface area contributed by atoms with Gasteiger partial charge in [0, 0.05) is 12.8 Å². The van der Waals surface area contributed by atoms with E-state index < -0.39 is 5.91 Å². The van der Waals surface area contributed by atoms with Crippen molar-refractivity contribution in [3.63, 3.8) is 0 Å². The highest BCUT2D eigenvalue weighted by molar-refractivity contribution is 7.20. The molecule has 126 valence electrons. The van der Waals surface area contributed by atoms with Crippen LogP contribution in [0, 0.1) is 0 Å². The second-order valence-corrected chi connectivity index (χ2v) is 6.35. The summed E-state index contributed by atoms with van der Waals surface area (Å²) in [6, 6.07) is 7.29. The molecular formula is C15H11N5O4S. The number of carbonyl (C=O) groups is 3. The van der Waals surface area contributed by atoms with Gasteiger partial charge in [0.25, 0.3) is 5.91 Å². The predicted molar refractivity (Wildman–Crippen MR) is 86.7 cm³/mol. The van der Waals surface area contributed by atoms with E-state index in [1.165, 1.54) is 11.3 Å². The Hall–Kier alpha value is -3.14. The fourth-order valence-electron chi connectivity index (χ4n) is 2.42. The molecule has 0 unspecified atom stereocenters. The van der Waals surface area contributed by atoms with Crippen molar-refractivity contribution < 1.29 is 18.8 Å². The van der Waals surface area contributed by atoms with Gasteiger partial charge in [-0.15, -0.1) is 16.4 Å². The molecule has 1 saturated heterocycles. The number of carbonyl (C=O) groups excluding carboxylic acids is 3. The molecule has 3 aromatic rings. The van der Waals surface area contributed by atoms with Crippen LogP contribution in [0.15, 0.2) is 28.7 Å². The summed E-state index contributed by atoms with van der Waals surface area (Å²) in [4.78, 5) is 40.7. The van der Waals surface area contributed by atoms with Crippen LogP contribution < -0.4 is 5.32 Å². The maximum absolute atomic E-state index is 12.2. The topological polar surface area (TPSA) is 118 Å². The average Bonchev–Trinajstić information content (AvgIpc) is 3.30. The number of rotatable bonds is 4. The standard InChI is InChI=1S/C15H11N5O4S/c21-11-5-6-12(22)20(11)7-10-18-19-15(24-10)17-13(23)14-16-8-3-1-2-4-9(8)25-14/h1-4H,5-7H2,(H,17,19,23). The summed E-state index contributed by atoms with van der Waals surface area (Å²) in [5.74, 6) is -0.945. The summed E-state index contributed by atoms with van der Waals surface area (Å²) < 4.78 is 6.18. The van der Waals surface area contributed by atoms with Crippen LogP contribution >= 0.6 is 11.3 Å².